The molecule has 0 radical (unpaired) electrons. The van der Waals surface area contributed by atoms with E-state index >= 15 is 0 Å². The van der Waals surface area contributed by atoms with Crippen molar-refractivity contribution >= 4 is 27.4 Å². The molecule has 0 amide bonds. The molecule has 0 unspecified atom stereocenters. The number of fused-ring (bicyclic) bond motifs is 1. The van der Waals surface area contributed by atoms with Gasteiger partial charge in [-0.2, -0.15) is 4.37 Å². The minimum Gasteiger partial charge on any atom is -0.493 e. The van der Waals surface area contributed by atoms with Gasteiger partial charge in [0.15, 0.2) is 11.5 Å². The van der Waals surface area contributed by atoms with Crippen LogP contribution in [0.25, 0.3) is 21.2 Å². The Morgan fingerprint density at radius 3 is 2.60 bits per heavy atom. The zero-order valence-corrected chi connectivity index (χ0v) is 12.0. The summed E-state index contributed by atoms with van der Waals surface area (Å²) >= 11 is 1.41. The van der Waals surface area contributed by atoms with Crippen molar-refractivity contribution < 1.29 is 9.47 Å². The van der Waals surface area contributed by atoms with Gasteiger partial charge >= 0.3 is 0 Å². The number of benzene rings is 2. The molecule has 0 fully saturated rings. The summed E-state index contributed by atoms with van der Waals surface area (Å²) in [7, 11) is 3.26. The standard InChI is InChI=1S/C15H14N2O2S/c1-18-12-7-6-9(8-13(12)19-2)10-4-3-5-11-14(10)20-17-15(11)16/h3-8H,1-2H3,(H2,16,17). The first-order chi connectivity index (χ1) is 9.74. The summed E-state index contributed by atoms with van der Waals surface area (Å²) < 4.78 is 15.9. The van der Waals surface area contributed by atoms with E-state index in [2.05, 4.69) is 10.4 Å². The number of nitrogens with two attached hydrogens (primary N) is 1. The van der Waals surface area contributed by atoms with Gasteiger partial charge in [-0.05, 0) is 35.3 Å². The molecule has 5 heteroatoms. The molecule has 3 rings (SSSR count). The Bertz CT molecular complexity index is 768. The van der Waals surface area contributed by atoms with E-state index in [9.17, 15) is 0 Å². The lowest BCUT2D eigenvalue weighted by atomic mass is 10.0. The fraction of sp³-hybridized carbons (Fsp3) is 0.133. The molecule has 0 aliphatic heterocycles. The van der Waals surface area contributed by atoms with Crippen LogP contribution in [0.5, 0.6) is 11.5 Å². The average Bonchev–Trinajstić information content (AvgIpc) is 2.88. The SMILES string of the molecule is COc1ccc(-c2cccc3c(N)nsc23)cc1OC. The van der Waals surface area contributed by atoms with Crippen molar-refractivity contribution in [2.45, 2.75) is 0 Å². The van der Waals surface area contributed by atoms with Crippen LogP contribution in [0.2, 0.25) is 0 Å². The Kier molecular flexibility index (Phi) is 3.20. The van der Waals surface area contributed by atoms with Gasteiger partial charge < -0.3 is 15.2 Å². The molecule has 0 bridgehead atoms. The third kappa shape index (κ3) is 1.96. The van der Waals surface area contributed by atoms with Crippen molar-refractivity contribution in [2.24, 2.45) is 0 Å². The van der Waals surface area contributed by atoms with Gasteiger partial charge in [-0.25, -0.2) is 0 Å². The number of hydrogen-bond donors (Lipinski definition) is 1. The van der Waals surface area contributed by atoms with Gasteiger partial charge in [0.1, 0.15) is 5.82 Å². The number of nitrogen functional groups attached to an aromatic ring is 1. The lowest BCUT2D eigenvalue weighted by Gasteiger charge is -2.10. The molecule has 0 aliphatic rings. The van der Waals surface area contributed by atoms with E-state index in [1.807, 2.05) is 30.3 Å². The average molecular weight is 286 g/mol. The van der Waals surface area contributed by atoms with E-state index in [1.54, 1.807) is 14.2 Å². The van der Waals surface area contributed by atoms with Crippen LogP contribution in [0, 0.1) is 0 Å². The number of methoxy groups -OCH3 is 2. The third-order valence-corrected chi connectivity index (χ3v) is 4.13. The third-order valence-electron chi connectivity index (χ3n) is 3.22. The Morgan fingerprint density at radius 2 is 1.85 bits per heavy atom. The number of hydrogen-bond acceptors (Lipinski definition) is 5. The molecule has 2 aromatic carbocycles. The van der Waals surface area contributed by atoms with Gasteiger partial charge in [-0.1, -0.05) is 18.2 Å². The molecule has 20 heavy (non-hydrogen) atoms. The van der Waals surface area contributed by atoms with Gasteiger partial charge in [-0.15, -0.1) is 0 Å². The van der Waals surface area contributed by atoms with Crippen LogP contribution in [0.1, 0.15) is 0 Å². The summed E-state index contributed by atoms with van der Waals surface area (Å²) in [6, 6.07) is 11.9. The molecule has 0 saturated carbocycles. The van der Waals surface area contributed by atoms with Gasteiger partial charge in [0.25, 0.3) is 0 Å². The number of nitrogens with zero attached hydrogens (tertiary/aromatic N) is 1. The van der Waals surface area contributed by atoms with Gasteiger partial charge in [0.05, 0.1) is 18.9 Å². The summed E-state index contributed by atoms with van der Waals surface area (Å²) in [5.74, 6) is 2.00. The highest BCUT2D eigenvalue weighted by atomic mass is 32.1. The molecular formula is C15H14N2O2S. The fourth-order valence-corrected chi connectivity index (χ4v) is 3.06. The lowest BCUT2D eigenvalue weighted by Crippen LogP contribution is -1.91. The van der Waals surface area contributed by atoms with E-state index in [0.29, 0.717) is 17.3 Å². The predicted octanol–water partition coefficient (Wildman–Crippen LogP) is 3.56. The molecule has 0 spiro atoms. The second-order valence-corrected chi connectivity index (χ2v) is 5.09. The smallest absolute Gasteiger partial charge is 0.161 e. The molecule has 1 aromatic heterocycles. The maximum atomic E-state index is 5.88. The minimum absolute atomic E-state index is 0.576. The summed E-state index contributed by atoms with van der Waals surface area (Å²) in [6.07, 6.45) is 0. The molecule has 3 aromatic rings. The predicted molar refractivity (Wildman–Crippen MR) is 82.6 cm³/mol. The first-order valence-corrected chi connectivity index (χ1v) is 6.88. The summed E-state index contributed by atoms with van der Waals surface area (Å²) in [5, 5.41) is 0.988. The van der Waals surface area contributed by atoms with Crippen LogP contribution in [-0.4, -0.2) is 18.6 Å². The minimum atomic E-state index is 0.576. The van der Waals surface area contributed by atoms with Crippen LogP contribution in [-0.2, 0) is 0 Å². The maximum absolute atomic E-state index is 5.88. The van der Waals surface area contributed by atoms with Crippen LogP contribution in [0.4, 0.5) is 5.82 Å². The number of anilines is 1. The maximum Gasteiger partial charge on any atom is 0.161 e. The number of aromatic nitrogens is 1. The molecular weight excluding hydrogens is 272 g/mol. The van der Waals surface area contributed by atoms with E-state index < -0.39 is 0 Å². The van der Waals surface area contributed by atoms with Crippen molar-refractivity contribution in [3.05, 3.63) is 36.4 Å². The van der Waals surface area contributed by atoms with Crippen molar-refractivity contribution in [3.63, 3.8) is 0 Å². The van der Waals surface area contributed by atoms with Crippen molar-refractivity contribution in [1.82, 2.24) is 4.37 Å². The molecule has 0 atom stereocenters. The molecule has 2 N–H and O–H groups in total. The van der Waals surface area contributed by atoms with Crippen molar-refractivity contribution in [3.8, 4) is 22.6 Å². The van der Waals surface area contributed by atoms with Crippen molar-refractivity contribution in [1.29, 1.82) is 0 Å². The van der Waals surface area contributed by atoms with E-state index in [1.165, 1.54) is 11.5 Å². The Labute approximate surface area is 120 Å². The monoisotopic (exact) mass is 286 g/mol. The summed E-state index contributed by atoms with van der Waals surface area (Å²) in [4.78, 5) is 0. The Balaban J connectivity index is 2.20. The summed E-state index contributed by atoms with van der Waals surface area (Å²) in [6.45, 7) is 0. The molecule has 1 heterocycles. The highest BCUT2D eigenvalue weighted by Crippen LogP contribution is 2.38. The fourth-order valence-electron chi connectivity index (χ4n) is 2.21. The van der Waals surface area contributed by atoms with Gasteiger partial charge in [0.2, 0.25) is 0 Å². The lowest BCUT2D eigenvalue weighted by molar-refractivity contribution is 0.355. The normalized spacial score (nSPS) is 10.7. The molecule has 102 valence electrons. The highest BCUT2D eigenvalue weighted by Gasteiger charge is 2.11. The summed E-state index contributed by atoms with van der Waals surface area (Å²) in [5.41, 5.74) is 8.03. The van der Waals surface area contributed by atoms with E-state index in [-0.39, 0.29) is 0 Å². The van der Waals surface area contributed by atoms with Crippen LogP contribution in [0.3, 0.4) is 0 Å². The second kappa shape index (κ2) is 5.02. The molecule has 0 saturated heterocycles. The number of rotatable bonds is 3. The topological polar surface area (TPSA) is 57.4 Å². The van der Waals surface area contributed by atoms with Gasteiger partial charge in [-0.3, -0.25) is 0 Å². The highest BCUT2D eigenvalue weighted by molar-refractivity contribution is 7.14. The van der Waals surface area contributed by atoms with E-state index in [4.69, 9.17) is 15.2 Å². The van der Waals surface area contributed by atoms with E-state index in [0.717, 1.165) is 21.2 Å². The second-order valence-electron chi connectivity index (χ2n) is 4.32. The van der Waals surface area contributed by atoms with Crippen molar-refractivity contribution in [2.75, 3.05) is 20.0 Å². The zero-order valence-electron chi connectivity index (χ0n) is 11.2. The Hall–Kier alpha value is -2.27. The Morgan fingerprint density at radius 1 is 1.05 bits per heavy atom. The number of ether oxygens (including phenoxy) is 2. The van der Waals surface area contributed by atoms with Crippen LogP contribution in [0.15, 0.2) is 36.4 Å². The quantitative estimate of drug-likeness (QED) is 0.799. The first kappa shape index (κ1) is 12.7. The van der Waals surface area contributed by atoms with Gasteiger partial charge in [0, 0.05) is 10.9 Å². The largest absolute Gasteiger partial charge is 0.493 e. The molecule has 4 nitrogen and oxygen atoms in total. The zero-order chi connectivity index (χ0) is 14.1. The van der Waals surface area contributed by atoms with Crippen LogP contribution >= 0.6 is 11.5 Å². The molecule has 0 aliphatic carbocycles. The van der Waals surface area contributed by atoms with Crippen LogP contribution < -0.4 is 15.2 Å². The first-order valence-electron chi connectivity index (χ1n) is 6.11.